The lowest BCUT2D eigenvalue weighted by Gasteiger charge is -2.14. The molecule has 1 unspecified atom stereocenters. The van der Waals surface area contributed by atoms with Crippen LogP contribution in [0.15, 0.2) is 36.4 Å². The zero-order valence-electron chi connectivity index (χ0n) is 10.3. The minimum Gasteiger partial charge on any atom is -0.271 e. The third kappa shape index (κ3) is 3.56. The van der Waals surface area contributed by atoms with Gasteiger partial charge >= 0.3 is 0 Å². The molecule has 18 heavy (non-hydrogen) atoms. The van der Waals surface area contributed by atoms with Gasteiger partial charge in [-0.15, -0.1) is 11.3 Å². The standard InChI is InChI=1S/C14H17ClN2S/c1-10-3-2-4-11(9-10)5-6-12(17-16)13-7-8-14(15)18-13/h2-4,7-9,12,17H,5-6,16H2,1H3. The molecule has 0 fully saturated rings. The Labute approximate surface area is 117 Å². The molecule has 0 aliphatic rings. The van der Waals surface area contributed by atoms with Crippen LogP contribution in [0.25, 0.3) is 0 Å². The predicted molar refractivity (Wildman–Crippen MR) is 78.9 cm³/mol. The van der Waals surface area contributed by atoms with E-state index < -0.39 is 0 Å². The molecule has 3 N–H and O–H groups in total. The fraction of sp³-hybridized carbons (Fsp3) is 0.286. The minimum atomic E-state index is 0.169. The molecule has 1 heterocycles. The highest BCUT2D eigenvalue weighted by molar-refractivity contribution is 7.16. The van der Waals surface area contributed by atoms with Gasteiger partial charge in [-0.3, -0.25) is 11.3 Å². The first-order valence-corrected chi connectivity index (χ1v) is 7.15. The molecule has 4 heteroatoms. The molecule has 2 rings (SSSR count). The third-order valence-corrected chi connectivity index (χ3v) is 4.29. The smallest absolute Gasteiger partial charge is 0.0931 e. The van der Waals surface area contributed by atoms with E-state index in [0.29, 0.717) is 0 Å². The summed E-state index contributed by atoms with van der Waals surface area (Å²) in [7, 11) is 0. The van der Waals surface area contributed by atoms with Crippen molar-refractivity contribution in [2.75, 3.05) is 0 Å². The van der Waals surface area contributed by atoms with Crippen molar-refractivity contribution in [3.05, 3.63) is 56.7 Å². The summed E-state index contributed by atoms with van der Waals surface area (Å²) in [5.74, 6) is 5.62. The fourth-order valence-corrected chi connectivity index (χ4v) is 3.16. The van der Waals surface area contributed by atoms with E-state index in [1.807, 2.05) is 12.1 Å². The highest BCUT2D eigenvalue weighted by Gasteiger charge is 2.12. The molecule has 1 atom stereocenters. The molecular weight excluding hydrogens is 264 g/mol. The summed E-state index contributed by atoms with van der Waals surface area (Å²) >= 11 is 7.53. The average Bonchev–Trinajstić information content (AvgIpc) is 2.77. The highest BCUT2D eigenvalue weighted by Crippen LogP contribution is 2.29. The maximum atomic E-state index is 5.95. The SMILES string of the molecule is Cc1cccc(CCC(NN)c2ccc(Cl)s2)c1. The first kappa shape index (κ1) is 13.6. The van der Waals surface area contributed by atoms with Crippen molar-refractivity contribution in [1.82, 2.24) is 5.43 Å². The average molecular weight is 281 g/mol. The van der Waals surface area contributed by atoms with E-state index in [1.165, 1.54) is 16.0 Å². The molecule has 2 aromatic rings. The van der Waals surface area contributed by atoms with Gasteiger partial charge in [0.15, 0.2) is 0 Å². The predicted octanol–water partition coefficient (Wildman–Crippen LogP) is 3.85. The van der Waals surface area contributed by atoms with Crippen LogP contribution in [0.1, 0.15) is 28.5 Å². The van der Waals surface area contributed by atoms with Gasteiger partial charge < -0.3 is 0 Å². The summed E-state index contributed by atoms with van der Waals surface area (Å²) in [6.45, 7) is 2.11. The van der Waals surface area contributed by atoms with Gasteiger partial charge in [0.1, 0.15) is 0 Å². The zero-order chi connectivity index (χ0) is 13.0. The largest absolute Gasteiger partial charge is 0.271 e. The number of nitrogens with one attached hydrogen (secondary N) is 1. The number of halogens is 1. The van der Waals surface area contributed by atoms with Crippen molar-refractivity contribution in [1.29, 1.82) is 0 Å². The second kappa shape index (κ2) is 6.34. The lowest BCUT2D eigenvalue weighted by Crippen LogP contribution is -2.27. The fourth-order valence-electron chi connectivity index (χ4n) is 2.00. The summed E-state index contributed by atoms with van der Waals surface area (Å²) in [5.41, 5.74) is 5.51. The molecule has 0 aliphatic heterocycles. The molecule has 0 saturated carbocycles. The first-order chi connectivity index (χ1) is 8.69. The van der Waals surface area contributed by atoms with Gasteiger partial charge in [-0.05, 0) is 37.5 Å². The van der Waals surface area contributed by atoms with Gasteiger partial charge in [0, 0.05) is 4.88 Å². The molecule has 0 aliphatic carbocycles. The molecule has 0 spiro atoms. The van der Waals surface area contributed by atoms with E-state index in [-0.39, 0.29) is 6.04 Å². The maximum absolute atomic E-state index is 5.95. The molecule has 2 nitrogen and oxygen atoms in total. The minimum absolute atomic E-state index is 0.169. The molecule has 96 valence electrons. The van der Waals surface area contributed by atoms with Crippen molar-refractivity contribution in [2.24, 2.45) is 5.84 Å². The van der Waals surface area contributed by atoms with Crippen LogP contribution in [0.5, 0.6) is 0 Å². The van der Waals surface area contributed by atoms with E-state index in [2.05, 4.69) is 36.6 Å². The van der Waals surface area contributed by atoms with Crippen LogP contribution in [-0.2, 0) is 6.42 Å². The Morgan fingerprint density at radius 2 is 2.17 bits per heavy atom. The Bertz CT molecular complexity index is 510. The molecule has 1 aromatic heterocycles. The van der Waals surface area contributed by atoms with Gasteiger partial charge in [0.25, 0.3) is 0 Å². The second-order valence-corrected chi connectivity index (χ2v) is 6.14. The van der Waals surface area contributed by atoms with Gasteiger partial charge in [-0.25, -0.2) is 0 Å². The molecule has 1 aromatic carbocycles. The summed E-state index contributed by atoms with van der Waals surface area (Å²) in [5, 5.41) is 0. The van der Waals surface area contributed by atoms with E-state index in [1.54, 1.807) is 11.3 Å². The van der Waals surface area contributed by atoms with Gasteiger partial charge in [0.05, 0.1) is 10.4 Å². The number of hydrogen-bond acceptors (Lipinski definition) is 3. The van der Waals surface area contributed by atoms with Crippen LogP contribution in [0.2, 0.25) is 4.34 Å². The number of hydrazine groups is 1. The zero-order valence-corrected chi connectivity index (χ0v) is 11.9. The number of thiophene rings is 1. The Morgan fingerprint density at radius 1 is 1.33 bits per heavy atom. The third-order valence-electron chi connectivity index (χ3n) is 2.94. The van der Waals surface area contributed by atoms with E-state index >= 15 is 0 Å². The van der Waals surface area contributed by atoms with Crippen molar-refractivity contribution in [3.8, 4) is 0 Å². The molecule has 0 saturated heterocycles. The van der Waals surface area contributed by atoms with Crippen LogP contribution >= 0.6 is 22.9 Å². The van der Waals surface area contributed by atoms with Crippen molar-refractivity contribution in [3.63, 3.8) is 0 Å². The first-order valence-electron chi connectivity index (χ1n) is 5.96. The maximum Gasteiger partial charge on any atom is 0.0931 e. The van der Waals surface area contributed by atoms with Crippen LogP contribution in [0.3, 0.4) is 0 Å². The van der Waals surface area contributed by atoms with Crippen molar-refractivity contribution in [2.45, 2.75) is 25.8 Å². The number of rotatable bonds is 5. The van der Waals surface area contributed by atoms with Crippen LogP contribution in [-0.4, -0.2) is 0 Å². The number of hydrogen-bond donors (Lipinski definition) is 2. The lowest BCUT2D eigenvalue weighted by molar-refractivity contribution is 0.524. The Kier molecular flexibility index (Phi) is 4.78. The van der Waals surface area contributed by atoms with Crippen LogP contribution < -0.4 is 11.3 Å². The molecule has 0 radical (unpaired) electrons. The van der Waals surface area contributed by atoms with Crippen LogP contribution in [0, 0.1) is 6.92 Å². The highest BCUT2D eigenvalue weighted by atomic mass is 35.5. The Hall–Kier alpha value is -0.870. The van der Waals surface area contributed by atoms with Crippen molar-refractivity contribution >= 4 is 22.9 Å². The Morgan fingerprint density at radius 3 is 2.78 bits per heavy atom. The second-order valence-electron chi connectivity index (χ2n) is 4.39. The van der Waals surface area contributed by atoms with E-state index in [0.717, 1.165) is 17.2 Å². The number of aryl methyl sites for hydroxylation is 2. The number of nitrogens with two attached hydrogens (primary N) is 1. The monoisotopic (exact) mass is 280 g/mol. The molecule has 0 bridgehead atoms. The Balaban J connectivity index is 1.99. The normalized spacial score (nSPS) is 12.6. The quantitative estimate of drug-likeness (QED) is 0.645. The summed E-state index contributed by atoms with van der Waals surface area (Å²) in [6.07, 6.45) is 1.98. The number of benzene rings is 1. The summed E-state index contributed by atoms with van der Waals surface area (Å²) < 4.78 is 0.806. The molecular formula is C14H17ClN2S. The topological polar surface area (TPSA) is 38.0 Å². The van der Waals surface area contributed by atoms with Gasteiger partial charge in [-0.2, -0.15) is 0 Å². The molecule has 0 amide bonds. The summed E-state index contributed by atoms with van der Waals surface area (Å²) in [6, 6.07) is 12.7. The summed E-state index contributed by atoms with van der Waals surface area (Å²) in [4.78, 5) is 1.19. The van der Waals surface area contributed by atoms with Crippen LogP contribution in [0.4, 0.5) is 0 Å². The van der Waals surface area contributed by atoms with E-state index in [9.17, 15) is 0 Å². The lowest BCUT2D eigenvalue weighted by atomic mass is 10.0. The van der Waals surface area contributed by atoms with E-state index in [4.69, 9.17) is 17.4 Å². The van der Waals surface area contributed by atoms with Gasteiger partial charge in [-0.1, -0.05) is 41.4 Å². The van der Waals surface area contributed by atoms with Crippen molar-refractivity contribution < 1.29 is 0 Å². The van der Waals surface area contributed by atoms with Gasteiger partial charge in [0.2, 0.25) is 0 Å².